The van der Waals surface area contributed by atoms with E-state index >= 15 is 0 Å². The molecule has 0 radical (unpaired) electrons. The molecule has 6 aromatic rings. The van der Waals surface area contributed by atoms with E-state index in [0.717, 1.165) is 39.2 Å². The van der Waals surface area contributed by atoms with E-state index < -0.39 is 0 Å². The summed E-state index contributed by atoms with van der Waals surface area (Å²) in [4.78, 5) is 25.7. The molecule has 0 unspecified atom stereocenters. The summed E-state index contributed by atoms with van der Waals surface area (Å²) >= 11 is 0. The number of aromatic amines is 2. The molecular formula is C21H15N9. The molecule has 6 rings (SSSR count). The van der Waals surface area contributed by atoms with Crippen LogP contribution in [-0.2, 0) is 0 Å². The van der Waals surface area contributed by atoms with Gasteiger partial charge in [-0.1, -0.05) is 0 Å². The molecule has 0 bridgehead atoms. The van der Waals surface area contributed by atoms with E-state index in [-0.39, 0.29) is 0 Å². The molecule has 0 atom stereocenters. The van der Waals surface area contributed by atoms with Crippen molar-refractivity contribution in [1.29, 1.82) is 0 Å². The van der Waals surface area contributed by atoms with Gasteiger partial charge in [0, 0.05) is 30.4 Å². The third-order valence-electron chi connectivity index (χ3n) is 4.95. The molecule has 0 saturated carbocycles. The lowest BCUT2D eigenvalue weighted by atomic mass is 10.2. The van der Waals surface area contributed by atoms with Crippen molar-refractivity contribution in [3.05, 3.63) is 67.1 Å². The fraction of sp³-hybridized carbons (Fsp3) is 0.0476. The molecule has 9 heteroatoms. The van der Waals surface area contributed by atoms with Crippen LogP contribution in [0, 0.1) is 6.92 Å². The van der Waals surface area contributed by atoms with E-state index in [1.165, 1.54) is 0 Å². The van der Waals surface area contributed by atoms with E-state index in [4.69, 9.17) is 4.98 Å². The highest BCUT2D eigenvalue weighted by atomic mass is 15.2. The SMILES string of the molecule is Cc1cn(-c2ccnc3nc(-c4n[nH]c5ccc(-c6cccnc6)nc45)[nH]c23)cn1. The van der Waals surface area contributed by atoms with E-state index in [0.29, 0.717) is 17.2 Å². The van der Waals surface area contributed by atoms with Gasteiger partial charge in [0.1, 0.15) is 11.0 Å². The number of nitrogens with zero attached hydrogens (tertiary/aromatic N) is 7. The van der Waals surface area contributed by atoms with Crippen molar-refractivity contribution in [3.8, 4) is 28.5 Å². The highest BCUT2D eigenvalue weighted by molar-refractivity contribution is 5.92. The fourth-order valence-corrected chi connectivity index (χ4v) is 3.52. The maximum absolute atomic E-state index is 4.81. The Morgan fingerprint density at radius 1 is 1.00 bits per heavy atom. The van der Waals surface area contributed by atoms with E-state index in [1.54, 1.807) is 24.9 Å². The molecule has 2 N–H and O–H groups in total. The van der Waals surface area contributed by atoms with Gasteiger partial charge in [0.2, 0.25) is 0 Å². The van der Waals surface area contributed by atoms with Crippen molar-refractivity contribution >= 4 is 22.2 Å². The van der Waals surface area contributed by atoms with Crippen LogP contribution in [0.3, 0.4) is 0 Å². The lowest BCUT2D eigenvalue weighted by Crippen LogP contribution is -1.92. The van der Waals surface area contributed by atoms with Crippen molar-refractivity contribution < 1.29 is 0 Å². The Hall–Kier alpha value is -4.40. The second kappa shape index (κ2) is 6.31. The molecule has 30 heavy (non-hydrogen) atoms. The lowest BCUT2D eigenvalue weighted by Gasteiger charge is -2.02. The first-order chi connectivity index (χ1) is 14.8. The molecule has 0 aliphatic carbocycles. The molecular weight excluding hydrogens is 378 g/mol. The standard InChI is InChI=1S/C21H15N9/c1-12-10-30(11-24-12)16-6-8-23-20-18(16)26-21(27-20)19-17-15(28-29-19)5-4-14(25-17)13-3-2-7-22-9-13/h2-11H,1H3,(H,28,29)(H,23,26,27). The molecule has 0 aliphatic rings. The Morgan fingerprint density at radius 2 is 1.97 bits per heavy atom. The zero-order valence-corrected chi connectivity index (χ0v) is 15.9. The van der Waals surface area contributed by atoms with Gasteiger partial charge in [0.05, 0.1) is 28.9 Å². The van der Waals surface area contributed by atoms with Gasteiger partial charge >= 0.3 is 0 Å². The Morgan fingerprint density at radius 3 is 2.80 bits per heavy atom. The molecule has 0 fully saturated rings. The molecule has 0 spiro atoms. The minimum Gasteiger partial charge on any atom is -0.333 e. The number of nitrogens with one attached hydrogen (secondary N) is 2. The van der Waals surface area contributed by atoms with Crippen molar-refractivity contribution in [1.82, 2.24) is 44.7 Å². The van der Waals surface area contributed by atoms with Crippen LogP contribution in [0.1, 0.15) is 5.69 Å². The van der Waals surface area contributed by atoms with E-state index in [9.17, 15) is 0 Å². The summed E-state index contributed by atoms with van der Waals surface area (Å²) in [5.41, 5.74) is 7.23. The fourth-order valence-electron chi connectivity index (χ4n) is 3.52. The molecule has 0 aromatic carbocycles. The molecule has 0 aliphatic heterocycles. The predicted molar refractivity (Wildman–Crippen MR) is 112 cm³/mol. The highest BCUT2D eigenvalue weighted by Gasteiger charge is 2.17. The lowest BCUT2D eigenvalue weighted by molar-refractivity contribution is 1.06. The van der Waals surface area contributed by atoms with Crippen LogP contribution in [0.15, 0.2) is 61.4 Å². The average Bonchev–Trinajstić information content (AvgIpc) is 3.51. The topological polar surface area (TPSA) is 114 Å². The van der Waals surface area contributed by atoms with Crippen molar-refractivity contribution in [2.75, 3.05) is 0 Å². The Kier molecular flexibility index (Phi) is 3.48. The summed E-state index contributed by atoms with van der Waals surface area (Å²) in [6, 6.07) is 9.70. The van der Waals surface area contributed by atoms with Gasteiger partial charge in [0.25, 0.3) is 0 Å². The number of pyridine rings is 3. The number of H-pyrrole nitrogens is 2. The molecule has 144 valence electrons. The predicted octanol–water partition coefficient (Wildman–Crippen LogP) is 3.45. The first-order valence-corrected chi connectivity index (χ1v) is 9.38. The van der Waals surface area contributed by atoms with Gasteiger partial charge in [-0.05, 0) is 37.3 Å². The van der Waals surface area contributed by atoms with Crippen LogP contribution < -0.4 is 0 Å². The van der Waals surface area contributed by atoms with Gasteiger partial charge in [-0.15, -0.1) is 0 Å². The van der Waals surface area contributed by atoms with Crippen molar-refractivity contribution in [3.63, 3.8) is 0 Å². The van der Waals surface area contributed by atoms with Crippen LogP contribution >= 0.6 is 0 Å². The quantitative estimate of drug-likeness (QED) is 0.476. The monoisotopic (exact) mass is 393 g/mol. The summed E-state index contributed by atoms with van der Waals surface area (Å²) < 4.78 is 1.95. The third kappa shape index (κ3) is 2.56. The molecule has 6 heterocycles. The van der Waals surface area contributed by atoms with Gasteiger partial charge in [-0.2, -0.15) is 5.10 Å². The number of hydrogen-bond donors (Lipinski definition) is 2. The maximum Gasteiger partial charge on any atom is 0.180 e. The summed E-state index contributed by atoms with van der Waals surface area (Å²) in [5, 5.41) is 7.49. The zero-order valence-electron chi connectivity index (χ0n) is 15.9. The van der Waals surface area contributed by atoms with Crippen molar-refractivity contribution in [2.45, 2.75) is 6.92 Å². The molecule has 6 aromatic heterocycles. The maximum atomic E-state index is 4.81. The van der Waals surface area contributed by atoms with Gasteiger partial charge in [0.15, 0.2) is 17.2 Å². The largest absolute Gasteiger partial charge is 0.333 e. The number of fused-ring (bicyclic) bond motifs is 2. The normalized spacial score (nSPS) is 11.5. The summed E-state index contributed by atoms with van der Waals surface area (Å²) in [7, 11) is 0. The second-order valence-electron chi connectivity index (χ2n) is 6.94. The van der Waals surface area contributed by atoms with Crippen LogP contribution in [0.5, 0.6) is 0 Å². The van der Waals surface area contributed by atoms with Gasteiger partial charge in [-0.25, -0.2) is 19.9 Å². The average molecular weight is 393 g/mol. The minimum atomic E-state index is 0.601. The molecule has 9 nitrogen and oxygen atoms in total. The Bertz CT molecular complexity index is 1510. The summed E-state index contributed by atoms with van der Waals surface area (Å²) in [6.07, 6.45) is 9.00. The van der Waals surface area contributed by atoms with Crippen molar-refractivity contribution in [2.24, 2.45) is 0 Å². The third-order valence-corrected chi connectivity index (χ3v) is 4.95. The van der Waals surface area contributed by atoms with E-state index in [1.807, 2.05) is 48.0 Å². The van der Waals surface area contributed by atoms with Crippen LogP contribution in [-0.4, -0.2) is 44.7 Å². The van der Waals surface area contributed by atoms with E-state index in [2.05, 4.69) is 35.1 Å². The zero-order chi connectivity index (χ0) is 20.1. The molecule has 0 saturated heterocycles. The molecule has 0 amide bonds. The first-order valence-electron chi connectivity index (χ1n) is 9.38. The number of aromatic nitrogens is 9. The number of hydrogen-bond acceptors (Lipinski definition) is 6. The number of aryl methyl sites for hydroxylation is 1. The number of imidazole rings is 2. The minimum absolute atomic E-state index is 0.601. The smallest absolute Gasteiger partial charge is 0.180 e. The number of rotatable bonds is 3. The van der Waals surface area contributed by atoms with Gasteiger partial charge < -0.3 is 9.55 Å². The summed E-state index contributed by atoms with van der Waals surface area (Å²) in [6.45, 7) is 1.95. The highest BCUT2D eigenvalue weighted by Crippen LogP contribution is 2.28. The first kappa shape index (κ1) is 16.5. The van der Waals surface area contributed by atoms with Gasteiger partial charge in [-0.3, -0.25) is 10.1 Å². The Balaban J connectivity index is 1.52. The van der Waals surface area contributed by atoms with Crippen LogP contribution in [0.4, 0.5) is 0 Å². The Labute approximate surface area is 169 Å². The second-order valence-corrected chi connectivity index (χ2v) is 6.94. The van der Waals surface area contributed by atoms with Crippen LogP contribution in [0.2, 0.25) is 0 Å². The van der Waals surface area contributed by atoms with Crippen LogP contribution in [0.25, 0.3) is 50.7 Å². The summed E-state index contributed by atoms with van der Waals surface area (Å²) in [5.74, 6) is 0.601.